The van der Waals surface area contributed by atoms with Gasteiger partial charge in [-0.3, -0.25) is 0 Å². The predicted octanol–water partition coefficient (Wildman–Crippen LogP) is 5.78. The molecular formula is C16H17Cl2N. The summed E-state index contributed by atoms with van der Waals surface area (Å²) in [4.78, 5) is 0. The van der Waals surface area contributed by atoms with Gasteiger partial charge in [0.25, 0.3) is 0 Å². The molecule has 2 aromatic rings. The molecule has 0 fully saturated rings. The molecule has 0 spiro atoms. The van der Waals surface area contributed by atoms with E-state index in [1.165, 1.54) is 16.7 Å². The second kappa shape index (κ2) is 5.85. The van der Waals surface area contributed by atoms with Crippen LogP contribution in [0.2, 0.25) is 10.0 Å². The number of aryl methyl sites for hydroxylation is 2. The Hall–Kier alpha value is -1.18. The quantitative estimate of drug-likeness (QED) is 0.756. The first kappa shape index (κ1) is 14.2. The highest BCUT2D eigenvalue weighted by Gasteiger charge is 2.09. The smallest absolute Gasteiger partial charge is 0.0612 e. The SMILES string of the molecule is Cc1ccc(C)c(C(C)Nc2ccc(Cl)c(Cl)c2)c1. The number of rotatable bonds is 3. The molecule has 1 N–H and O–H groups in total. The van der Waals surface area contributed by atoms with Gasteiger partial charge < -0.3 is 5.32 Å². The Balaban J connectivity index is 2.22. The van der Waals surface area contributed by atoms with Gasteiger partial charge in [-0.1, -0.05) is 47.0 Å². The van der Waals surface area contributed by atoms with Gasteiger partial charge in [0, 0.05) is 11.7 Å². The number of benzene rings is 2. The van der Waals surface area contributed by atoms with E-state index in [-0.39, 0.29) is 6.04 Å². The van der Waals surface area contributed by atoms with E-state index in [0.717, 1.165) is 5.69 Å². The van der Waals surface area contributed by atoms with E-state index in [2.05, 4.69) is 44.3 Å². The lowest BCUT2D eigenvalue weighted by Crippen LogP contribution is -2.08. The molecule has 0 amide bonds. The molecule has 0 heterocycles. The van der Waals surface area contributed by atoms with Gasteiger partial charge in [-0.15, -0.1) is 0 Å². The zero-order valence-electron chi connectivity index (χ0n) is 11.3. The molecule has 1 nitrogen and oxygen atoms in total. The highest BCUT2D eigenvalue weighted by atomic mass is 35.5. The van der Waals surface area contributed by atoms with E-state index >= 15 is 0 Å². The average molecular weight is 294 g/mol. The van der Waals surface area contributed by atoms with Crippen LogP contribution in [0.4, 0.5) is 5.69 Å². The fraction of sp³-hybridized carbons (Fsp3) is 0.250. The normalized spacial score (nSPS) is 12.3. The van der Waals surface area contributed by atoms with Crippen molar-refractivity contribution in [3.8, 4) is 0 Å². The second-order valence-electron chi connectivity index (χ2n) is 4.85. The number of anilines is 1. The van der Waals surface area contributed by atoms with Gasteiger partial charge in [0.05, 0.1) is 10.0 Å². The number of hydrogen-bond donors (Lipinski definition) is 1. The van der Waals surface area contributed by atoms with Crippen molar-refractivity contribution in [3.63, 3.8) is 0 Å². The molecule has 1 atom stereocenters. The first-order valence-corrected chi connectivity index (χ1v) is 7.01. The summed E-state index contributed by atoms with van der Waals surface area (Å²) in [6.45, 7) is 6.38. The lowest BCUT2D eigenvalue weighted by molar-refractivity contribution is 0.872. The standard InChI is InChI=1S/C16H17Cl2N/c1-10-4-5-11(2)14(8-10)12(3)19-13-6-7-15(17)16(18)9-13/h4-9,12,19H,1-3H3. The van der Waals surface area contributed by atoms with Crippen molar-refractivity contribution < 1.29 is 0 Å². The van der Waals surface area contributed by atoms with E-state index in [1.807, 2.05) is 18.2 Å². The predicted molar refractivity (Wildman–Crippen MR) is 84.4 cm³/mol. The molecule has 3 heteroatoms. The molecule has 1 unspecified atom stereocenters. The summed E-state index contributed by atoms with van der Waals surface area (Å²) < 4.78 is 0. The summed E-state index contributed by atoms with van der Waals surface area (Å²) in [6.07, 6.45) is 0. The van der Waals surface area contributed by atoms with Gasteiger partial charge in [0.1, 0.15) is 0 Å². The molecule has 0 aliphatic carbocycles. The van der Waals surface area contributed by atoms with Crippen molar-refractivity contribution in [3.05, 3.63) is 63.1 Å². The van der Waals surface area contributed by atoms with Crippen LogP contribution in [0.25, 0.3) is 0 Å². The Kier molecular flexibility index (Phi) is 4.38. The monoisotopic (exact) mass is 293 g/mol. The van der Waals surface area contributed by atoms with Crippen molar-refractivity contribution in [2.75, 3.05) is 5.32 Å². The lowest BCUT2D eigenvalue weighted by Gasteiger charge is -2.19. The van der Waals surface area contributed by atoms with E-state index in [4.69, 9.17) is 23.2 Å². The van der Waals surface area contributed by atoms with E-state index in [1.54, 1.807) is 0 Å². The van der Waals surface area contributed by atoms with Crippen LogP contribution in [0, 0.1) is 13.8 Å². The third-order valence-electron chi connectivity index (χ3n) is 3.20. The Morgan fingerprint density at radius 3 is 2.37 bits per heavy atom. The highest BCUT2D eigenvalue weighted by Crippen LogP contribution is 2.28. The molecule has 0 aliphatic rings. The van der Waals surface area contributed by atoms with Crippen LogP contribution in [0.15, 0.2) is 36.4 Å². The average Bonchev–Trinajstić information content (AvgIpc) is 2.36. The molecule has 100 valence electrons. The molecule has 0 saturated heterocycles. The number of hydrogen-bond acceptors (Lipinski definition) is 1. The van der Waals surface area contributed by atoms with Crippen molar-refractivity contribution in [2.45, 2.75) is 26.8 Å². The fourth-order valence-corrected chi connectivity index (χ4v) is 2.44. The van der Waals surface area contributed by atoms with E-state index in [0.29, 0.717) is 10.0 Å². The molecule has 0 radical (unpaired) electrons. The summed E-state index contributed by atoms with van der Waals surface area (Å²) in [5.41, 5.74) is 4.82. The maximum atomic E-state index is 6.03. The lowest BCUT2D eigenvalue weighted by atomic mass is 10.00. The number of nitrogens with one attached hydrogen (secondary N) is 1. The van der Waals surface area contributed by atoms with Crippen LogP contribution >= 0.6 is 23.2 Å². The fourth-order valence-electron chi connectivity index (χ4n) is 2.14. The molecule has 0 saturated carbocycles. The van der Waals surface area contributed by atoms with Gasteiger partial charge in [0.15, 0.2) is 0 Å². The minimum absolute atomic E-state index is 0.220. The summed E-state index contributed by atoms with van der Waals surface area (Å²) >= 11 is 11.9. The zero-order chi connectivity index (χ0) is 14.0. The minimum Gasteiger partial charge on any atom is -0.378 e. The molecule has 0 aromatic heterocycles. The molecular weight excluding hydrogens is 277 g/mol. The third-order valence-corrected chi connectivity index (χ3v) is 3.94. The van der Waals surface area contributed by atoms with Crippen LogP contribution in [-0.4, -0.2) is 0 Å². The Morgan fingerprint density at radius 2 is 1.68 bits per heavy atom. The maximum Gasteiger partial charge on any atom is 0.0612 e. The van der Waals surface area contributed by atoms with Gasteiger partial charge in [-0.25, -0.2) is 0 Å². The Labute approximate surface area is 124 Å². The van der Waals surface area contributed by atoms with Gasteiger partial charge >= 0.3 is 0 Å². The van der Waals surface area contributed by atoms with Crippen LogP contribution in [-0.2, 0) is 0 Å². The van der Waals surface area contributed by atoms with Gasteiger partial charge in [0.2, 0.25) is 0 Å². The first-order valence-electron chi connectivity index (χ1n) is 6.26. The van der Waals surface area contributed by atoms with E-state index in [9.17, 15) is 0 Å². The Bertz CT molecular complexity index is 593. The minimum atomic E-state index is 0.220. The summed E-state index contributed by atoms with van der Waals surface area (Å²) in [7, 11) is 0. The second-order valence-corrected chi connectivity index (χ2v) is 5.67. The van der Waals surface area contributed by atoms with Crippen LogP contribution in [0.3, 0.4) is 0 Å². The Morgan fingerprint density at radius 1 is 0.947 bits per heavy atom. The third kappa shape index (κ3) is 3.43. The van der Waals surface area contributed by atoms with E-state index < -0.39 is 0 Å². The summed E-state index contributed by atoms with van der Waals surface area (Å²) in [6, 6.07) is 12.3. The topological polar surface area (TPSA) is 12.0 Å². The first-order chi connectivity index (χ1) is 8.97. The highest BCUT2D eigenvalue weighted by molar-refractivity contribution is 6.42. The molecule has 2 aromatic carbocycles. The molecule has 0 bridgehead atoms. The van der Waals surface area contributed by atoms with Crippen molar-refractivity contribution in [1.82, 2.24) is 0 Å². The summed E-state index contributed by atoms with van der Waals surface area (Å²) in [5.74, 6) is 0. The van der Waals surface area contributed by atoms with Crippen molar-refractivity contribution >= 4 is 28.9 Å². The number of halogens is 2. The zero-order valence-corrected chi connectivity index (χ0v) is 12.8. The van der Waals surface area contributed by atoms with Gasteiger partial charge in [-0.05, 0) is 50.1 Å². The molecule has 0 aliphatic heterocycles. The van der Waals surface area contributed by atoms with Crippen molar-refractivity contribution in [1.29, 1.82) is 0 Å². The largest absolute Gasteiger partial charge is 0.378 e. The van der Waals surface area contributed by atoms with Crippen LogP contribution in [0.1, 0.15) is 29.7 Å². The van der Waals surface area contributed by atoms with Gasteiger partial charge in [-0.2, -0.15) is 0 Å². The van der Waals surface area contributed by atoms with Crippen LogP contribution in [0.5, 0.6) is 0 Å². The molecule has 19 heavy (non-hydrogen) atoms. The molecule has 2 rings (SSSR count). The van der Waals surface area contributed by atoms with Crippen LogP contribution < -0.4 is 5.32 Å². The maximum absolute atomic E-state index is 6.03. The summed E-state index contributed by atoms with van der Waals surface area (Å²) in [5, 5.41) is 4.60. The van der Waals surface area contributed by atoms with Crippen molar-refractivity contribution in [2.24, 2.45) is 0 Å².